The third-order valence-electron chi connectivity index (χ3n) is 5.45. The minimum Gasteiger partial charge on any atom is -0.472 e. The van der Waals surface area contributed by atoms with Crippen molar-refractivity contribution in [3.8, 4) is 5.75 Å². The molecule has 136 valence electrons. The average Bonchev–Trinajstić information content (AvgIpc) is 2.79. The molecule has 0 atom stereocenters. The van der Waals surface area contributed by atoms with Crippen LogP contribution in [-0.4, -0.2) is 5.11 Å². The summed E-state index contributed by atoms with van der Waals surface area (Å²) >= 11 is 0. The van der Waals surface area contributed by atoms with E-state index in [1.54, 1.807) is 0 Å². The van der Waals surface area contributed by atoms with Crippen LogP contribution >= 0.6 is 0 Å². The van der Waals surface area contributed by atoms with Crippen LogP contribution in [0.3, 0.4) is 0 Å². The molecule has 2 nitrogen and oxygen atoms in total. The van der Waals surface area contributed by atoms with Crippen molar-refractivity contribution in [3.63, 3.8) is 0 Å². The van der Waals surface area contributed by atoms with Crippen LogP contribution in [0.4, 0.5) is 0 Å². The predicted octanol–water partition coefficient (Wildman–Crippen LogP) is 5.68. The van der Waals surface area contributed by atoms with Crippen molar-refractivity contribution in [3.05, 3.63) is 119 Å². The van der Waals surface area contributed by atoms with Gasteiger partial charge in [-0.2, -0.15) is 0 Å². The van der Waals surface area contributed by atoms with Gasteiger partial charge in [0, 0.05) is 22.1 Å². The van der Waals surface area contributed by atoms with Crippen molar-refractivity contribution >= 4 is 16.8 Å². The second kappa shape index (κ2) is 6.66. The van der Waals surface area contributed by atoms with Crippen molar-refractivity contribution in [1.82, 2.24) is 0 Å². The molecule has 0 saturated carbocycles. The molecule has 0 spiro atoms. The van der Waals surface area contributed by atoms with Gasteiger partial charge in [-0.1, -0.05) is 91.0 Å². The lowest BCUT2D eigenvalue weighted by Gasteiger charge is -2.37. The third kappa shape index (κ3) is 2.54. The zero-order valence-electron chi connectivity index (χ0n) is 15.4. The molecule has 0 amide bonds. The van der Waals surface area contributed by atoms with Crippen LogP contribution in [0.15, 0.2) is 97.1 Å². The number of hydrogen-bond donors (Lipinski definition) is 1. The van der Waals surface area contributed by atoms with Gasteiger partial charge in [-0.15, -0.1) is 0 Å². The van der Waals surface area contributed by atoms with E-state index in [1.165, 1.54) is 0 Å². The molecule has 0 saturated heterocycles. The molecule has 4 aromatic carbocycles. The van der Waals surface area contributed by atoms with E-state index < -0.39 is 5.60 Å². The highest BCUT2D eigenvalue weighted by molar-refractivity contribution is 5.94. The molecule has 0 unspecified atom stereocenters. The molecule has 0 aliphatic carbocycles. The number of rotatable bonds is 3. The monoisotopic (exact) mass is 364 g/mol. The maximum absolute atomic E-state index is 9.93. The van der Waals surface area contributed by atoms with Crippen LogP contribution in [0.25, 0.3) is 16.8 Å². The van der Waals surface area contributed by atoms with Gasteiger partial charge in [0.05, 0.1) is 6.61 Å². The summed E-state index contributed by atoms with van der Waals surface area (Å²) < 4.78 is 6.85. The Balaban J connectivity index is 1.81. The molecule has 0 radical (unpaired) electrons. The van der Waals surface area contributed by atoms with Crippen molar-refractivity contribution in [1.29, 1.82) is 0 Å². The summed E-state index contributed by atoms with van der Waals surface area (Å²) in [6.45, 7) is -0.0233. The maximum atomic E-state index is 9.93. The van der Waals surface area contributed by atoms with Gasteiger partial charge < -0.3 is 9.84 Å². The molecular formula is C26H20O2. The van der Waals surface area contributed by atoms with E-state index >= 15 is 0 Å². The van der Waals surface area contributed by atoms with Crippen LogP contribution in [0, 0.1) is 0 Å². The predicted molar refractivity (Wildman–Crippen MR) is 113 cm³/mol. The third-order valence-corrected chi connectivity index (χ3v) is 5.45. The fourth-order valence-corrected chi connectivity index (χ4v) is 4.05. The number of fused-ring (bicyclic) bond motifs is 3. The highest BCUT2D eigenvalue weighted by Gasteiger charge is 2.37. The highest BCUT2D eigenvalue weighted by Crippen LogP contribution is 2.46. The molecule has 2 heteroatoms. The minimum atomic E-state index is -0.716. The standard InChI is InChI=1S/C26H20O2/c27-18-20-17-19-9-7-8-14-23(19)25-24(20)15-16-26(28-25,21-10-3-1-4-11-21)22-12-5-2-6-13-22/h1-17,27H,18H2. The van der Waals surface area contributed by atoms with Crippen molar-refractivity contribution in [2.75, 3.05) is 0 Å². The van der Waals surface area contributed by atoms with Gasteiger partial charge in [-0.3, -0.25) is 0 Å². The van der Waals surface area contributed by atoms with Gasteiger partial charge in [-0.25, -0.2) is 0 Å². The Morgan fingerprint density at radius 1 is 0.750 bits per heavy atom. The quantitative estimate of drug-likeness (QED) is 0.507. The topological polar surface area (TPSA) is 29.5 Å². The van der Waals surface area contributed by atoms with E-state index in [9.17, 15) is 5.11 Å². The van der Waals surface area contributed by atoms with E-state index in [-0.39, 0.29) is 6.61 Å². The molecule has 1 aliphatic heterocycles. The lowest BCUT2D eigenvalue weighted by atomic mass is 9.82. The first-order valence-electron chi connectivity index (χ1n) is 9.46. The smallest absolute Gasteiger partial charge is 0.178 e. The summed E-state index contributed by atoms with van der Waals surface area (Å²) in [7, 11) is 0. The highest BCUT2D eigenvalue weighted by atomic mass is 16.5. The Kier molecular flexibility index (Phi) is 4.00. The van der Waals surface area contributed by atoms with Crippen LogP contribution in [0.2, 0.25) is 0 Å². The summed E-state index contributed by atoms with van der Waals surface area (Å²) in [4.78, 5) is 0. The zero-order chi connectivity index (χ0) is 19.0. The fourth-order valence-electron chi connectivity index (χ4n) is 4.05. The Bertz CT molecular complexity index is 1120. The average molecular weight is 364 g/mol. The number of aliphatic hydroxyl groups is 1. The summed E-state index contributed by atoms with van der Waals surface area (Å²) in [6, 6.07) is 30.8. The SMILES string of the molecule is OCc1cc2ccccc2c2c1C=CC(c1ccccc1)(c1ccccc1)O2. The second-order valence-corrected chi connectivity index (χ2v) is 7.06. The molecule has 0 bridgehead atoms. The summed E-state index contributed by atoms with van der Waals surface area (Å²) in [5.74, 6) is 0.817. The van der Waals surface area contributed by atoms with Gasteiger partial charge in [0.1, 0.15) is 5.75 Å². The lowest BCUT2D eigenvalue weighted by molar-refractivity contribution is 0.163. The van der Waals surface area contributed by atoms with Crippen molar-refractivity contribution in [2.24, 2.45) is 0 Å². The zero-order valence-corrected chi connectivity index (χ0v) is 15.4. The van der Waals surface area contributed by atoms with Gasteiger partial charge in [-0.05, 0) is 23.1 Å². The lowest BCUT2D eigenvalue weighted by Crippen LogP contribution is -2.34. The Morgan fingerprint density at radius 2 is 1.36 bits per heavy atom. The Labute approximate surface area is 164 Å². The van der Waals surface area contributed by atoms with Gasteiger partial charge >= 0.3 is 0 Å². The molecular weight excluding hydrogens is 344 g/mol. The number of hydrogen-bond acceptors (Lipinski definition) is 2. The largest absolute Gasteiger partial charge is 0.472 e. The van der Waals surface area contributed by atoms with E-state index in [1.807, 2.05) is 54.6 Å². The number of ether oxygens (including phenoxy) is 1. The van der Waals surface area contributed by atoms with Crippen LogP contribution in [0.5, 0.6) is 5.75 Å². The van der Waals surface area contributed by atoms with Crippen molar-refractivity contribution in [2.45, 2.75) is 12.2 Å². The van der Waals surface area contributed by atoms with Crippen molar-refractivity contribution < 1.29 is 9.84 Å². The fraction of sp³-hybridized carbons (Fsp3) is 0.0769. The first-order chi connectivity index (χ1) is 13.8. The first kappa shape index (κ1) is 16.8. The van der Waals surface area contributed by atoms with Crippen LogP contribution < -0.4 is 4.74 Å². The van der Waals surface area contributed by atoms with E-state index in [0.717, 1.165) is 38.8 Å². The maximum Gasteiger partial charge on any atom is 0.178 e. The molecule has 5 rings (SSSR count). The summed E-state index contributed by atoms with van der Waals surface area (Å²) in [5, 5.41) is 12.0. The van der Waals surface area contributed by atoms with Crippen LogP contribution in [-0.2, 0) is 12.2 Å². The van der Waals surface area contributed by atoms with Gasteiger partial charge in [0.2, 0.25) is 0 Å². The normalized spacial score (nSPS) is 14.5. The van der Waals surface area contributed by atoms with Gasteiger partial charge in [0.25, 0.3) is 0 Å². The Morgan fingerprint density at radius 3 is 2.00 bits per heavy atom. The number of aliphatic hydroxyl groups excluding tert-OH is 1. The van der Waals surface area contributed by atoms with Gasteiger partial charge in [0.15, 0.2) is 5.60 Å². The molecule has 28 heavy (non-hydrogen) atoms. The van der Waals surface area contributed by atoms with E-state index in [4.69, 9.17) is 4.74 Å². The minimum absolute atomic E-state index is 0.0233. The molecule has 0 fully saturated rings. The molecule has 0 aromatic heterocycles. The number of benzene rings is 4. The van der Waals surface area contributed by atoms with E-state index in [0.29, 0.717) is 0 Å². The Hall–Kier alpha value is -3.36. The second-order valence-electron chi connectivity index (χ2n) is 7.06. The first-order valence-corrected chi connectivity index (χ1v) is 9.46. The molecule has 1 aliphatic rings. The summed E-state index contributed by atoms with van der Waals surface area (Å²) in [5.41, 5.74) is 3.25. The molecule has 1 heterocycles. The summed E-state index contributed by atoms with van der Waals surface area (Å²) in [6.07, 6.45) is 4.20. The van der Waals surface area contributed by atoms with Crippen LogP contribution in [0.1, 0.15) is 22.3 Å². The molecule has 4 aromatic rings. The van der Waals surface area contributed by atoms with E-state index in [2.05, 4.69) is 48.6 Å². The molecule has 1 N–H and O–H groups in total.